The molecule has 0 saturated carbocycles. The second-order valence-corrected chi connectivity index (χ2v) is 11.8. The number of nitrogens with two attached hydrogens (primary N) is 1. The van der Waals surface area contributed by atoms with Crippen molar-refractivity contribution in [1.82, 2.24) is 14.7 Å². The lowest BCUT2D eigenvalue weighted by molar-refractivity contribution is 0.0733. The van der Waals surface area contributed by atoms with Crippen molar-refractivity contribution in [2.45, 2.75) is 30.1 Å². The summed E-state index contributed by atoms with van der Waals surface area (Å²) in [6.45, 7) is 6.77. The zero-order valence-electron chi connectivity index (χ0n) is 21.7. The van der Waals surface area contributed by atoms with Gasteiger partial charge in [0.2, 0.25) is 16.0 Å². The van der Waals surface area contributed by atoms with E-state index in [0.29, 0.717) is 30.8 Å². The molecule has 12 nitrogen and oxygen atoms in total. The van der Waals surface area contributed by atoms with Crippen molar-refractivity contribution < 1.29 is 30.6 Å². The molecule has 2 aromatic rings. The number of likely N-dealkylation sites (N-methyl/N-ethyl adjacent to an activating group) is 1. The van der Waals surface area contributed by atoms with Gasteiger partial charge in [-0.3, -0.25) is 10.2 Å². The second-order valence-electron chi connectivity index (χ2n) is 8.37. The molecule has 1 saturated heterocycles. The fourth-order valence-corrected chi connectivity index (χ4v) is 6.88. The molecule has 0 aromatic heterocycles. The molecular weight excluding hydrogens is 593 g/mol. The van der Waals surface area contributed by atoms with Crippen molar-refractivity contribution in [3.63, 3.8) is 0 Å². The Morgan fingerprint density at radius 2 is 1.59 bits per heavy atom. The predicted octanol–water partition coefficient (Wildman–Crippen LogP) is 2.12. The van der Waals surface area contributed by atoms with Crippen LogP contribution in [0.2, 0.25) is 0 Å². The van der Waals surface area contributed by atoms with Crippen LogP contribution in [0.5, 0.6) is 11.5 Å². The van der Waals surface area contributed by atoms with E-state index in [0.717, 1.165) is 6.54 Å². The van der Waals surface area contributed by atoms with E-state index in [1.54, 1.807) is 13.0 Å². The van der Waals surface area contributed by atoms with Crippen LogP contribution in [0.4, 0.5) is 0 Å². The Morgan fingerprint density at radius 3 is 2.21 bits per heavy atom. The fourth-order valence-electron chi connectivity index (χ4n) is 3.76. The Bertz CT molecular complexity index is 1310. The average molecular weight is 629 g/mol. The molecule has 0 spiro atoms. The molecule has 0 unspecified atom stereocenters. The van der Waals surface area contributed by atoms with E-state index in [1.807, 2.05) is 6.92 Å². The lowest BCUT2D eigenvalue weighted by Gasteiger charge is -2.33. The van der Waals surface area contributed by atoms with Crippen LogP contribution in [0.1, 0.15) is 18.9 Å². The molecule has 3 rings (SSSR count). The minimum Gasteiger partial charge on any atom is -0.493 e. The lowest BCUT2D eigenvalue weighted by Crippen LogP contribution is -2.48. The van der Waals surface area contributed by atoms with Gasteiger partial charge in [-0.05, 0) is 43.3 Å². The Kier molecular flexibility index (Phi) is 13.8. The average Bonchev–Trinajstić information content (AvgIpc) is 2.85. The molecule has 1 fully saturated rings. The zero-order chi connectivity index (χ0) is 27.1. The first-order valence-electron chi connectivity index (χ1n) is 11.8. The van der Waals surface area contributed by atoms with E-state index >= 15 is 0 Å². The molecular formula is C23H35Cl2N5O7S2. The number of piperazine rings is 1. The van der Waals surface area contributed by atoms with Crippen LogP contribution in [0.3, 0.4) is 0 Å². The Morgan fingerprint density at radius 1 is 0.974 bits per heavy atom. The van der Waals surface area contributed by atoms with Crippen molar-refractivity contribution in [2.24, 2.45) is 5.73 Å². The zero-order valence-corrected chi connectivity index (χ0v) is 24.9. The molecule has 1 aliphatic heterocycles. The topological polar surface area (TPSA) is 164 Å². The van der Waals surface area contributed by atoms with E-state index in [2.05, 4.69) is 10.4 Å². The van der Waals surface area contributed by atoms with Gasteiger partial charge in [0.15, 0.2) is 0 Å². The number of hydrogen-bond acceptors (Lipinski definition) is 9. The minimum absolute atomic E-state index is 0. The van der Waals surface area contributed by atoms with Gasteiger partial charge in [-0.2, -0.15) is 12.7 Å². The maximum atomic E-state index is 13.4. The standard InChI is InChI=1S/C23H33N5O7S2.2ClH/c1-3-27-9-11-28(12-10-27)36(29,30)21-7-4-5-8-22(21)37(31,32)35-20-16-18(2)15-19(17-20)33-13-6-14-34-26-23(24)25;;/h4-5,7-8,15-17H,3,6,9-14H2,1-2H3,(H4,24,25,26);2*1H. The number of guanidine groups is 1. The predicted molar refractivity (Wildman–Crippen MR) is 152 cm³/mol. The summed E-state index contributed by atoms with van der Waals surface area (Å²) in [5.74, 6) is 0.0590. The molecule has 220 valence electrons. The van der Waals surface area contributed by atoms with Crippen molar-refractivity contribution >= 4 is 50.9 Å². The first kappa shape index (κ1) is 34.7. The number of ether oxygens (including phenoxy) is 1. The van der Waals surface area contributed by atoms with E-state index in [9.17, 15) is 16.8 Å². The molecule has 39 heavy (non-hydrogen) atoms. The highest BCUT2D eigenvalue weighted by molar-refractivity contribution is 7.91. The quantitative estimate of drug-likeness (QED) is 0.104. The molecule has 0 amide bonds. The van der Waals surface area contributed by atoms with Crippen LogP contribution in [0.15, 0.2) is 52.3 Å². The molecule has 0 aliphatic carbocycles. The Labute approximate surface area is 242 Å². The van der Waals surface area contributed by atoms with E-state index in [-0.39, 0.29) is 67.7 Å². The summed E-state index contributed by atoms with van der Waals surface area (Å²) in [6.07, 6.45) is 0.473. The van der Waals surface area contributed by atoms with Gasteiger partial charge < -0.3 is 19.6 Å². The van der Waals surface area contributed by atoms with Gasteiger partial charge in [-0.25, -0.2) is 13.9 Å². The van der Waals surface area contributed by atoms with Gasteiger partial charge in [0.25, 0.3) is 0 Å². The first-order chi connectivity index (χ1) is 17.5. The van der Waals surface area contributed by atoms with Crippen LogP contribution < -0.4 is 20.1 Å². The minimum atomic E-state index is -4.49. The highest BCUT2D eigenvalue weighted by Crippen LogP contribution is 2.30. The Balaban J connectivity index is 0.00000380. The number of nitrogens with one attached hydrogen (secondary N) is 2. The van der Waals surface area contributed by atoms with Crippen molar-refractivity contribution in [2.75, 3.05) is 45.9 Å². The summed E-state index contributed by atoms with van der Waals surface area (Å²) >= 11 is 0. The normalized spacial score (nSPS) is 14.5. The summed E-state index contributed by atoms with van der Waals surface area (Å²) in [6, 6.07) is 10.1. The van der Waals surface area contributed by atoms with Crippen LogP contribution in [0, 0.1) is 12.3 Å². The smallest absolute Gasteiger partial charge is 0.340 e. The Hall–Kier alpha value is -2.33. The van der Waals surface area contributed by atoms with E-state index < -0.39 is 25.0 Å². The van der Waals surface area contributed by atoms with Gasteiger partial charge in [-0.15, -0.1) is 24.8 Å². The molecule has 1 aliphatic rings. The number of nitrogens with zero attached hydrogens (tertiary/aromatic N) is 2. The highest BCUT2D eigenvalue weighted by Gasteiger charge is 2.34. The maximum absolute atomic E-state index is 13.4. The monoisotopic (exact) mass is 627 g/mol. The summed E-state index contributed by atoms with van der Waals surface area (Å²) < 4.78 is 65.6. The first-order valence-corrected chi connectivity index (χ1v) is 14.6. The van der Waals surface area contributed by atoms with Gasteiger partial charge in [-0.1, -0.05) is 19.1 Å². The molecule has 0 bridgehead atoms. The fraction of sp³-hybridized carbons (Fsp3) is 0.435. The largest absolute Gasteiger partial charge is 0.493 e. The van der Waals surface area contributed by atoms with Crippen LogP contribution in [0.25, 0.3) is 0 Å². The number of benzene rings is 2. The van der Waals surface area contributed by atoms with Crippen LogP contribution in [-0.2, 0) is 25.0 Å². The van der Waals surface area contributed by atoms with Crippen molar-refractivity contribution in [3.05, 3.63) is 48.0 Å². The van der Waals surface area contributed by atoms with Gasteiger partial charge in [0.05, 0.1) is 13.2 Å². The molecule has 1 heterocycles. The number of hydroxylamine groups is 1. The number of aryl methyl sites for hydroxylation is 1. The van der Waals surface area contributed by atoms with Gasteiger partial charge in [0.1, 0.15) is 21.3 Å². The van der Waals surface area contributed by atoms with Gasteiger partial charge >= 0.3 is 10.1 Å². The molecule has 2 aromatic carbocycles. The number of rotatable bonds is 12. The van der Waals surface area contributed by atoms with Crippen LogP contribution >= 0.6 is 24.8 Å². The summed E-state index contributed by atoms with van der Waals surface area (Å²) in [5.41, 5.74) is 8.02. The second kappa shape index (κ2) is 15.5. The maximum Gasteiger partial charge on any atom is 0.340 e. The summed E-state index contributed by atoms with van der Waals surface area (Å²) in [7, 11) is -8.54. The number of sulfonamides is 1. The number of hydrogen-bond donors (Lipinski definition) is 3. The van der Waals surface area contributed by atoms with E-state index in [4.69, 9.17) is 24.9 Å². The lowest BCUT2D eigenvalue weighted by atomic mass is 10.2. The molecule has 0 atom stereocenters. The van der Waals surface area contributed by atoms with E-state index in [1.165, 1.54) is 40.7 Å². The molecule has 16 heteroatoms. The SMILES string of the molecule is CCN1CCN(S(=O)(=O)c2ccccc2S(=O)(=O)Oc2cc(C)cc(OCCCONC(=N)N)c2)CC1.Cl.Cl. The molecule has 4 N–H and O–H groups in total. The van der Waals surface area contributed by atoms with Crippen LogP contribution in [-0.4, -0.2) is 77.9 Å². The summed E-state index contributed by atoms with van der Waals surface area (Å²) in [5, 5.41) is 7.01. The number of halogens is 2. The van der Waals surface area contributed by atoms with Gasteiger partial charge in [0, 0.05) is 38.7 Å². The third kappa shape index (κ3) is 9.67. The third-order valence-corrected chi connectivity index (χ3v) is 8.98. The molecule has 0 radical (unpaired) electrons. The third-order valence-electron chi connectivity index (χ3n) is 5.59. The summed E-state index contributed by atoms with van der Waals surface area (Å²) in [4.78, 5) is 6.34. The van der Waals surface area contributed by atoms with Crippen molar-refractivity contribution in [1.29, 1.82) is 5.41 Å². The highest BCUT2D eigenvalue weighted by atomic mass is 35.5. The van der Waals surface area contributed by atoms with Crippen molar-refractivity contribution in [3.8, 4) is 11.5 Å².